The first-order valence-corrected chi connectivity index (χ1v) is 4.53. The molecular formula is C8H10CoN2O6. The number of hydrogen-bond acceptors (Lipinski definition) is 6. The maximum absolute atomic E-state index is 10.2. The van der Waals surface area contributed by atoms with Crippen LogP contribution in [-0.4, -0.2) is 44.2 Å². The van der Waals surface area contributed by atoms with Crippen LogP contribution in [0.5, 0.6) is 0 Å². The Bertz CT molecular complexity index is 292. The van der Waals surface area contributed by atoms with Gasteiger partial charge in [0, 0.05) is 42.5 Å². The summed E-state index contributed by atoms with van der Waals surface area (Å²) in [7, 11) is 0. The average Bonchev–Trinajstić information content (AvgIpc) is 2.70. The van der Waals surface area contributed by atoms with E-state index in [1.807, 2.05) is 0 Å². The maximum atomic E-state index is 10.2. The first-order valence-electron chi connectivity index (χ1n) is 4.53. The summed E-state index contributed by atoms with van der Waals surface area (Å²) >= 11 is 0. The van der Waals surface area contributed by atoms with E-state index in [1.165, 1.54) is 0 Å². The van der Waals surface area contributed by atoms with Crippen molar-refractivity contribution in [3.63, 3.8) is 0 Å². The van der Waals surface area contributed by atoms with Gasteiger partial charge in [-0.2, -0.15) is 10.1 Å². The van der Waals surface area contributed by atoms with Gasteiger partial charge in [-0.1, -0.05) is 0 Å². The van der Waals surface area contributed by atoms with Gasteiger partial charge in [-0.3, -0.25) is 29.6 Å². The number of nitrogens with zero attached hydrogens (tertiary/aromatic N) is 2. The van der Waals surface area contributed by atoms with Crippen molar-refractivity contribution in [2.75, 3.05) is 0 Å². The molecule has 2 aliphatic heterocycles. The molecule has 2 aliphatic rings. The van der Waals surface area contributed by atoms with Crippen molar-refractivity contribution in [3.8, 4) is 0 Å². The molecule has 1 radical (unpaired) electrons. The summed E-state index contributed by atoms with van der Waals surface area (Å²) in [5.74, 6) is -2.02. The van der Waals surface area contributed by atoms with Crippen molar-refractivity contribution >= 4 is 23.6 Å². The minimum atomic E-state index is -0.505. The van der Waals surface area contributed by atoms with E-state index in [0.717, 1.165) is 0 Å². The summed E-state index contributed by atoms with van der Waals surface area (Å²) in [6.45, 7) is 0. The summed E-state index contributed by atoms with van der Waals surface area (Å²) in [5, 5.41) is 17.1. The van der Waals surface area contributed by atoms with Crippen molar-refractivity contribution in [1.82, 2.24) is 10.1 Å². The number of amides is 4. The molecule has 9 heteroatoms. The molecule has 0 aromatic carbocycles. The van der Waals surface area contributed by atoms with Crippen molar-refractivity contribution < 1.29 is 46.4 Å². The summed E-state index contributed by atoms with van der Waals surface area (Å²) in [5.41, 5.74) is 0. The number of hydrogen-bond donors (Lipinski definition) is 2. The summed E-state index contributed by atoms with van der Waals surface area (Å²) in [6.07, 6.45) is 0.593. The minimum Gasteiger partial charge on any atom is -0.279 e. The maximum Gasteiger partial charge on any atom is 0.253 e. The molecule has 0 aliphatic carbocycles. The predicted molar refractivity (Wildman–Crippen MR) is 45.7 cm³/mol. The van der Waals surface area contributed by atoms with Gasteiger partial charge in [0.1, 0.15) is 0 Å². The van der Waals surface area contributed by atoms with Gasteiger partial charge in [-0.15, -0.1) is 0 Å². The fraction of sp³-hybridized carbons (Fsp3) is 0.500. The van der Waals surface area contributed by atoms with Crippen LogP contribution in [-0.2, 0) is 36.0 Å². The molecule has 0 saturated carbocycles. The molecule has 2 fully saturated rings. The van der Waals surface area contributed by atoms with Gasteiger partial charge in [0.2, 0.25) is 0 Å². The smallest absolute Gasteiger partial charge is 0.253 e. The average molecular weight is 289 g/mol. The van der Waals surface area contributed by atoms with Crippen LogP contribution in [0.25, 0.3) is 0 Å². The monoisotopic (exact) mass is 289 g/mol. The molecule has 0 aromatic heterocycles. The molecule has 97 valence electrons. The van der Waals surface area contributed by atoms with E-state index >= 15 is 0 Å². The van der Waals surface area contributed by atoms with Crippen LogP contribution in [0.3, 0.4) is 0 Å². The van der Waals surface area contributed by atoms with Crippen molar-refractivity contribution in [1.29, 1.82) is 0 Å². The van der Waals surface area contributed by atoms with Crippen LogP contribution in [0.1, 0.15) is 25.7 Å². The first-order chi connectivity index (χ1) is 7.43. The van der Waals surface area contributed by atoms with Crippen molar-refractivity contribution in [2.45, 2.75) is 25.7 Å². The Labute approximate surface area is 106 Å². The van der Waals surface area contributed by atoms with E-state index in [2.05, 4.69) is 0 Å². The van der Waals surface area contributed by atoms with E-state index in [1.54, 1.807) is 0 Å². The molecule has 4 amide bonds. The molecule has 0 unspecified atom stereocenters. The van der Waals surface area contributed by atoms with Crippen LogP contribution < -0.4 is 0 Å². The number of rotatable bonds is 0. The second kappa shape index (κ2) is 6.44. The third-order valence-electron chi connectivity index (χ3n) is 2.05. The standard InChI is InChI=1S/2C4H5NO3.Co/c2*6-3-1-2-4(7)5(3)8;/h2*8H,1-2H2;. The summed E-state index contributed by atoms with van der Waals surface area (Å²) in [4.78, 5) is 41.0. The van der Waals surface area contributed by atoms with Crippen LogP contribution in [0.4, 0.5) is 0 Å². The molecule has 2 heterocycles. The van der Waals surface area contributed by atoms with Gasteiger partial charge in [0.25, 0.3) is 23.6 Å². The molecule has 0 spiro atoms. The van der Waals surface area contributed by atoms with Crippen LogP contribution in [0.15, 0.2) is 0 Å². The van der Waals surface area contributed by atoms with Crippen LogP contribution in [0.2, 0.25) is 0 Å². The quantitative estimate of drug-likeness (QED) is 0.438. The van der Waals surface area contributed by atoms with Crippen LogP contribution in [0, 0.1) is 0 Å². The van der Waals surface area contributed by atoms with Gasteiger partial charge in [0.05, 0.1) is 0 Å². The molecule has 2 rings (SSSR count). The number of carbonyl (C=O) groups is 4. The van der Waals surface area contributed by atoms with E-state index < -0.39 is 23.6 Å². The number of hydroxylamine groups is 4. The Balaban J connectivity index is 0.000000284. The molecule has 0 bridgehead atoms. The Hall–Kier alpha value is -1.29. The van der Waals surface area contributed by atoms with E-state index in [-0.39, 0.29) is 52.6 Å². The minimum absolute atomic E-state index is 0. The van der Waals surface area contributed by atoms with Gasteiger partial charge >= 0.3 is 0 Å². The fourth-order valence-electron chi connectivity index (χ4n) is 1.13. The second-order valence-electron chi connectivity index (χ2n) is 3.20. The van der Waals surface area contributed by atoms with E-state index in [9.17, 15) is 19.2 Å². The zero-order valence-electron chi connectivity index (χ0n) is 8.58. The topological polar surface area (TPSA) is 115 Å². The third-order valence-corrected chi connectivity index (χ3v) is 2.05. The Kier molecular flexibility index (Phi) is 5.95. The molecule has 0 atom stereocenters. The van der Waals surface area contributed by atoms with Gasteiger partial charge in [-0.05, 0) is 0 Å². The fourth-order valence-corrected chi connectivity index (χ4v) is 1.13. The Morgan fingerprint density at radius 3 is 0.882 bits per heavy atom. The van der Waals surface area contributed by atoms with Gasteiger partial charge < -0.3 is 0 Å². The molecule has 0 aromatic rings. The van der Waals surface area contributed by atoms with Crippen LogP contribution >= 0.6 is 0 Å². The molecule has 2 saturated heterocycles. The van der Waals surface area contributed by atoms with Crippen molar-refractivity contribution in [2.24, 2.45) is 0 Å². The Morgan fingerprint density at radius 2 is 0.824 bits per heavy atom. The molecular weight excluding hydrogens is 279 g/mol. The zero-order chi connectivity index (χ0) is 12.3. The Morgan fingerprint density at radius 1 is 0.647 bits per heavy atom. The number of carbonyl (C=O) groups excluding carboxylic acids is 4. The molecule has 17 heavy (non-hydrogen) atoms. The largest absolute Gasteiger partial charge is 0.279 e. The SMILES string of the molecule is O=C1CCC(=O)N1O.O=C1CCC(=O)N1O.[Co]. The summed E-state index contributed by atoms with van der Waals surface area (Å²) in [6, 6.07) is 0. The first kappa shape index (κ1) is 15.7. The number of imide groups is 2. The normalized spacial score (nSPS) is 19.2. The van der Waals surface area contributed by atoms with E-state index in [0.29, 0.717) is 0 Å². The van der Waals surface area contributed by atoms with Crippen molar-refractivity contribution in [3.05, 3.63) is 0 Å². The van der Waals surface area contributed by atoms with Gasteiger partial charge in [-0.25, -0.2) is 0 Å². The van der Waals surface area contributed by atoms with Gasteiger partial charge in [0.15, 0.2) is 0 Å². The van der Waals surface area contributed by atoms with E-state index in [4.69, 9.17) is 10.4 Å². The predicted octanol–water partition coefficient (Wildman–Crippen LogP) is -0.953. The third kappa shape index (κ3) is 3.89. The zero-order valence-corrected chi connectivity index (χ0v) is 9.62. The molecule has 2 N–H and O–H groups in total. The second-order valence-corrected chi connectivity index (χ2v) is 3.20. The summed E-state index contributed by atoms with van der Waals surface area (Å²) < 4.78 is 0. The molecule has 8 nitrogen and oxygen atoms in total.